The molecular formula is C16H19N3O3S. The lowest BCUT2D eigenvalue weighted by Crippen LogP contribution is -2.34. The second-order valence-corrected chi connectivity index (χ2v) is 6.52. The Balaban J connectivity index is 1.58. The summed E-state index contributed by atoms with van der Waals surface area (Å²) in [5, 5.41) is 25.1. The van der Waals surface area contributed by atoms with Crippen LogP contribution in [0.3, 0.4) is 0 Å². The number of aliphatic hydroxyl groups excluding tert-OH is 1. The van der Waals surface area contributed by atoms with Crippen molar-refractivity contribution in [1.82, 2.24) is 10.3 Å². The number of hydrazone groups is 1. The Bertz CT molecular complexity index is 660. The highest BCUT2D eigenvalue weighted by atomic mass is 32.2. The molecule has 2 heterocycles. The van der Waals surface area contributed by atoms with Crippen LogP contribution >= 0.6 is 11.8 Å². The highest BCUT2D eigenvalue weighted by Crippen LogP contribution is 2.26. The van der Waals surface area contributed by atoms with Gasteiger partial charge >= 0.3 is 0 Å². The second kappa shape index (κ2) is 7.16. The van der Waals surface area contributed by atoms with Gasteiger partial charge in [-0.3, -0.25) is 9.69 Å². The molecule has 0 fully saturated rings. The Labute approximate surface area is 138 Å². The summed E-state index contributed by atoms with van der Waals surface area (Å²) in [4.78, 5) is 13.2. The van der Waals surface area contributed by atoms with Crippen LogP contribution in [0.15, 0.2) is 41.0 Å². The van der Waals surface area contributed by atoms with Crippen molar-refractivity contribution in [1.29, 1.82) is 0 Å². The van der Waals surface area contributed by atoms with Gasteiger partial charge < -0.3 is 10.2 Å². The summed E-state index contributed by atoms with van der Waals surface area (Å²) in [6.45, 7) is 2.00. The van der Waals surface area contributed by atoms with Gasteiger partial charge in [-0.2, -0.15) is 5.10 Å². The van der Waals surface area contributed by atoms with Crippen LogP contribution in [0.1, 0.15) is 18.1 Å². The van der Waals surface area contributed by atoms with Gasteiger partial charge in [-0.15, -0.1) is 0 Å². The van der Waals surface area contributed by atoms with E-state index in [1.54, 1.807) is 24.3 Å². The minimum Gasteiger partial charge on any atom is -0.508 e. The summed E-state index contributed by atoms with van der Waals surface area (Å²) in [6, 6.07) is 6.86. The Morgan fingerprint density at radius 1 is 1.39 bits per heavy atom. The van der Waals surface area contributed by atoms with E-state index in [0.29, 0.717) is 24.4 Å². The van der Waals surface area contributed by atoms with Crippen molar-refractivity contribution < 1.29 is 15.0 Å². The van der Waals surface area contributed by atoms with Gasteiger partial charge in [0.15, 0.2) is 0 Å². The van der Waals surface area contributed by atoms with Crippen LogP contribution in [-0.2, 0) is 4.79 Å². The smallest absolute Gasteiger partial charge is 0.250 e. The number of nitrogens with zero attached hydrogens (tertiary/aromatic N) is 2. The molecule has 0 bridgehead atoms. The van der Waals surface area contributed by atoms with Crippen LogP contribution in [0.5, 0.6) is 5.75 Å². The maximum Gasteiger partial charge on any atom is 0.250 e. The summed E-state index contributed by atoms with van der Waals surface area (Å²) in [7, 11) is 0. The first kappa shape index (κ1) is 16.0. The van der Waals surface area contributed by atoms with Gasteiger partial charge in [0, 0.05) is 25.2 Å². The van der Waals surface area contributed by atoms with E-state index in [0.717, 1.165) is 23.6 Å². The SMILES string of the molecule is O=C1CSC(C2=CCN(CC(O)c3ccccc3O)CC2)=NN1. The molecule has 0 aromatic heterocycles. The molecule has 1 aromatic carbocycles. The monoisotopic (exact) mass is 333 g/mol. The number of carbonyl (C=O) groups is 1. The fourth-order valence-corrected chi connectivity index (χ4v) is 3.47. The summed E-state index contributed by atoms with van der Waals surface area (Å²) < 4.78 is 0. The van der Waals surface area contributed by atoms with E-state index < -0.39 is 6.10 Å². The predicted octanol–water partition coefficient (Wildman–Crippen LogP) is 1.23. The summed E-state index contributed by atoms with van der Waals surface area (Å²) >= 11 is 1.46. The first-order valence-corrected chi connectivity index (χ1v) is 8.49. The number of rotatable bonds is 4. The van der Waals surface area contributed by atoms with Crippen LogP contribution < -0.4 is 5.43 Å². The number of hydrogen-bond donors (Lipinski definition) is 3. The summed E-state index contributed by atoms with van der Waals surface area (Å²) in [5.74, 6) is 0.464. The number of phenolic OH excluding ortho intramolecular Hbond substituents is 1. The van der Waals surface area contributed by atoms with E-state index in [1.807, 2.05) is 0 Å². The summed E-state index contributed by atoms with van der Waals surface area (Å²) in [5.41, 5.74) is 4.20. The van der Waals surface area contributed by atoms with Gasteiger partial charge in [-0.1, -0.05) is 36.0 Å². The third kappa shape index (κ3) is 3.93. The number of para-hydroxylation sites is 1. The average Bonchev–Trinajstić information content (AvgIpc) is 2.57. The minimum absolute atomic E-state index is 0.0671. The van der Waals surface area contributed by atoms with E-state index in [9.17, 15) is 15.0 Å². The van der Waals surface area contributed by atoms with E-state index >= 15 is 0 Å². The maximum absolute atomic E-state index is 11.1. The Morgan fingerprint density at radius 2 is 2.22 bits per heavy atom. The fraction of sp³-hybridized carbons (Fsp3) is 0.375. The molecule has 1 atom stereocenters. The quantitative estimate of drug-likeness (QED) is 0.772. The molecule has 122 valence electrons. The van der Waals surface area contributed by atoms with E-state index in [2.05, 4.69) is 21.5 Å². The second-order valence-electron chi connectivity index (χ2n) is 5.55. The lowest BCUT2D eigenvalue weighted by molar-refractivity contribution is -0.118. The number of amides is 1. The number of phenols is 1. The zero-order valence-electron chi connectivity index (χ0n) is 12.6. The zero-order chi connectivity index (χ0) is 16.2. The number of β-amino-alcohol motifs (C(OH)–C–C–N with tert-alkyl or cyclic N) is 1. The largest absolute Gasteiger partial charge is 0.508 e. The van der Waals surface area contributed by atoms with E-state index in [-0.39, 0.29) is 11.7 Å². The average molecular weight is 333 g/mol. The molecule has 1 unspecified atom stereocenters. The van der Waals surface area contributed by atoms with Crippen molar-refractivity contribution in [2.75, 3.05) is 25.4 Å². The molecule has 0 aliphatic carbocycles. The van der Waals surface area contributed by atoms with Crippen LogP contribution in [-0.4, -0.2) is 51.5 Å². The molecule has 2 aliphatic rings. The normalized spacial score (nSPS) is 20.5. The third-order valence-corrected chi connectivity index (χ3v) is 4.95. The molecule has 3 rings (SSSR count). The van der Waals surface area contributed by atoms with Crippen molar-refractivity contribution in [2.24, 2.45) is 5.10 Å². The fourth-order valence-electron chi connectivity index (χ4n) is 2.66. The molecule has 6 nitrogen and oxygen atoms in total. The number of carbonyl (C=O) groups excluding carboxylic acids is 1. The van der Waals surface area contributed by atoms with Crippen LogP contribution in [0.2, 0.25) is 0 Å². The van der Waals surface area contributed by atoms with Gasteiger partial charge in [0.2, 0.25) is 0 Å². The van der Waals surface area contributed by atoms with Crippen molar-refractivity contribution >= 4 is 22.7 Å². The van der Waals surface area contributed by atoms with E-state index in [1.165, 1.54) is 11.8 Å². The number of nitrogens with one attached hydrogen (secondary N) is 1. The van der Waals surface area contributed by atoms with Gasteiger partial charge in [0.05, 0.1) is 11.9 Å². The van der Waals surface area contributed by atoms with Crippen LogP contribution in [0.4, 0.5) is 0 Å². The van der Waals surface area contributed by atoms with Crippen molar-refractivity contribution in [3.8, 4) is 5.75 Å². The van der Waals surface area contributed by atoms with E-state index in [4.69, 9.17) is 0 Å². The number of aromatic hydroxyl groups is 1. The first-order chi connectivity index (χ1) is 11.1. The zero-order valence-corrected chi connectivity index (χ0v) is 13.4. The highest BCUT2D eigenvalue weighted by molar-refractivity contribution is 8.15. The number of thioether (sulfide) groups is 1. The van der Waals surface area contributed by atoms with Crippen molar-refractivity contribution in [3.05, 3.63) is 41.5 Å². The third-order valence-electron chi connectivity index (χ3n) is 3.92. The van der Waals surface area contributed by atoms with Gasteiger partial charge in [0.25, 0.3) is 5.91 Å². The lowest BCUT2D eigenvalue weighted by atomic mass is 10.1. The molecule has 0 saturated carbocycles. The minimum atomic E-state index is -0.716. The first-order valence-electron chi connectivity index (χ1n) is 7.50. The molecule has 1 aromatic rings. The lowest BCUT2D eigenvalue weighted by Gasteiger charge is -2.29. The molecule has 0 radical (unpaired) electrons. The molecule has 2 aliphatic heterocycles. The Morgan fingerprint density at radius 3 is 2.87 bits per heavy atom. The topological polar surface area (TPSA) is 85.2 Å². The molecular weight excluding hydrogens is 314 g/mol. The highest BCUT2D eigenvalue weighted by Gasteiger charge is 2.22. The number of benzene rings is 1. The molecule has 1 amide bonds. The van der Waals surface area contributed by atoms with Crippen molar-refractivity contribution in [3.63, 3.8) is 0 Å². The molecule has 0 saturated heterocycles. The standard InChI is InChI=1S/C16H19N3O3S/c20-13-4-2-1-3-12(13)14(21)9-19-7-5-11(6-8-19)16-18-17-15(22)10-23-16/h1-5,14,20-21H,6-10H2,(H,17,22). The van der Waals surface area contributed by atoms with Crippen LogP contribution in [0, 0.1) is 0 Å². The molecule has 23 heavy (non-hydrogen) atoms. The number of hydrogen-bond acceptors (Lipinski definition) is 6. The van der Waals surface area contributed by atoms with Gasteiger partial charge in [-0.25, -0.2) is 5.43 Å². The van der Waals surface area contributed by atoms with Gasteiger partial charge in [0.1, 0.15) is 10.8 Å². The Hall–Kier alpha value is -1.83. The molecule has 3 N–H and O–H groups in total. The maximum atomic E-state index is 11.1. The summed E-state index contributed by atoms with van der Waals surface area (Å²) in [6.07, 6.45) is 2.20. The number of aliphatic hydroxyl groups is 1. The van der Waals surface area contributed by atoms with Crippen LogP contribution in [0.25, 0.3) is 0 Å². The predicted molar refractivity (Wildman–Crippen MR) is 90.2 cm³/mol. The van der Waals surface area contributed by atoms with Gasteiger partial charge in [-0.05, 0) is 18.1 Å². The molecule has 7 heteroatoms. The van der Waals surface area contributed by atoms with Crippen molar-refractivity contribution in [2.45, 2.75) is 12.5 Å². The Kier molecular flexibility index (Phi) is 5.00. The molecule has 0 spiro atoms.